The number of aromatic nitrogens is 3. The summed E-state index contributed by atoms with van der Waals surface area (Å²) >= 11 is 0. The second-order valence-corrected chi connectivity index (χ2v) is 11.1. The third-order valence-corrected chi connectivity index (χ3v) is 7.33. The van der Waals surface area contributed by atoms with Crippen LogP contribution in [0.15, 0.2) is 85.1 Å². The molecule has 5 aromatic rings. The van der Waals surface area contributed by atoms with Gasteiger partial charge in [-0.25, -0.2) is 8.91 Å². The number of carbonyl (C=O) groups excluding carboxylic acids is 2. The molecule has 0 saturated carbocycles. The second-order valence-electron chi connectivity index (χ2n) is 11.1. The Hall–Kier alpha value is -5.25. The van der Waals surface area contributed by atoms with Crippen LogP contribution >= 0.6 is 0 Å². The van der Waals surface area contributed by atoms with Crippen LogP contribution in [0.3, 0.4) is 0 Å². The van der Waals surface area contributed by atoms with Crippen molar-refractivity contribution in [2.75, 3.05) is 11.9 Å². The van der Waals surface area contributed by atoms with Crippen molar-refractivity contribution < 1.29 is 18.7 Å². The molecule has 2 heterocycles. The van der Waals surface area contributed by atoms with Gasteiger partial charge in [-0.3, -0.25) is 9.59 Å². The van der Waals surface area contributed by atoms with Gasteiger partial charge in [0.2, 0.25) is 11.9 Å². The number of amides is 2. The van der Waals surface area contributed by atoms with Gasteiger partial charge < -0.3 is 27.6 Å². The van der Waals surface area contributed by atoms with Crippen LogP contribution < -0.4 is 20.7 Å². The average Bonchev–Trinajstić information content (AvgIpc) is 3.45. The van der Waals surface area contributed by atoms with Crippen molar-refractivity contribution in [1.29, 1.82) is 0 Å². The molecule has 5 rings (SSSR count). The largest absolute Gasteiger partial charge is 0.491 e. The van der Waals surface area contributed by atoms with Crippen LogP contribution in [0, 0.1) is 12.7 Å². The average molecular weight is 608 g/mol. The summed E-state index contributed by atoms with van der Waals surface area (Å²) in [6, 6.07) is 22.3. The van der Waals surface area contributed by atoms with E-state index in [2.05, 4.69) is 33.0 Å². The van der Waals surface area contributed by atoms with Crippen molar-refractivity contribution >= 4 is 29.1 Å². The lowest BCUT2D eigenvalue weighted by atomic mass is 10.0. The lowest BCUT2D eigenvalue weighted by molar-refractivity contribution is 0.0917. The first-order valence-corrected chi connectivity index (χ1v) is 14.9. The third-order valence-electron chi connectivity index (χ3n) is 7.33. The number of pyridine rings is 1. The molecule has 9 nitrogen and oxygen atoms in total. The summed E-state index contributed by atoms with van der Waals surface area (Å²) in [5.41, 5.74) is 4.31. The zero-order valence-electron chi connectivity index (χ0n) is 25.6. The van der Waals surface area contributed by atoms with Gasteiger partial charge in [-0.15, -0.1) is 5.10 Å². The highest BCUT2D eigenvalue weighted by atomic mass is 19.1. The number of anilines is 2. The van der Waals surface area contributed by atoms with E-state index in [4.69, 9.17) is 4.74 Å². The summed E-state index contributed by atoms with van der Waals surface area (Å²) in [4.78, 5) is 30.0. The van der Waals surface area contributed by atoms with E-state index in [0.29, 0.717) is 53.7 Å². The molecule has 3 N–H and O–H groups in total. The van der Waals surface area contributed by atoms with Crippen LogP contribution in [-0.4, -0.2) is 38.6 Å². The lowest BCUT2D eigenvalue weighted by Crippen LogP contribution is -2.43. The summed E-state index contributed by atoms with van der Waals surface area (Å²) in [7, 11) is 0. The standard InChI is InChI=1S/C35H36FN6O3/c1-5-19-45-30-20-26(33(44)40-35(3,4)6-2)13-17-29(30)38-34-39-31-18-14-27(22-42(31)41-34)24-9-11-25(12-10-24)32(43)37-21-23-7-15-28(36)16-8-23/h7-18,20,22H,3,5-6,19,21H2,1-2,4H3,(H,37,43)(H,38,41)(H,40,44)/q-1. The zero-order chi connectivity index (χ0) is 32.0. The normalized spacial score (nSPS) is 12.4. The van der Waals surface area contributed by atoms with E-state index in [1.807, 2.05) is 51.2 Å². The number of benzene rings is 3. The van der Waals surface area contributed by atoms with Crippen molar-refractivity contribution in [2.24, 2.45) is 0 Å². The number of hydrogen-bond acceptors (Lipinski definition) is 6. The van der Waals surface area contributed by atoms with Crippen molar-refractivity contribution in [3.05, 3.63) is 114 Å². The molecular weight excluding hydrogens is 571 g/mol. The summed E-state index contributed by atoms with van der Waals surface area (Å²) < 4.78 is 20.8. The Morgan fingerprint density at radius 2 is 1.64 bits per heavy atom. The molecule has 45 heavy (non-hydrogen) atoms. The van der Waals surface area contributed by atoms with Gasteiger partial charge in [0.25, 0.3) is 5.91 Å². The van der Waals surface area contributed by atoms with Gasteiger partial charge in [-0.2, -0.15) is 4.98 Å². The molecule has 0 aliphatic heterocycles. The fourth-order valence-corrected chi connectivity index (χ4v) is 4.46. The molecule has 0 fully saturated rings. The van der Waals surface area contributed by atoms with Crippen LogP contribution in [0.25, 0.3) is 16.8 Å². The smallest absolute Gasteiger partial charge is 0.251 e. The van der Waals surface area contributed by atoms with Gasteiger partial charge in [0.15, 0.2) is 5.65 Å². The van der Waals surface area contributed by atoms with Gasteiger partial charge in [0.1, 0.15) is 11.6 Å². The molecule has 0 bridgehead atoms. The van der Waals surface area contributed by atoms with Crippen LogP contribution in [-0.2, 0) is 6.54 Å². The van der Waals surface area contributed by atoms with Crippen molar-refractivity contribution in [3.63, 3.8) is 0 Å². The Kier molecular flexibility index (Phi) is 9.42. The molecule has 232 valence electrons. The fourth-order valence-electron chi connectivity index (χ4n) is 4.46. The molecule has 2 aromatic heterocycles. The number of halogens is 1. The molecule has 0 aliphatic rings. The van der Waals surface area contributed by atoms with Crippen molar-refractivity contribution in [2.45, 2.75) is 45.7 Å². The summed E-state index contributed by atoms with van der Waals surface area (Å²) in [6.07, 6.45) is 3.36. The monoisotopic (exact) mass is 607 g/mol. The van der Waals surface area contributed by atoms with E-state index in [1.54, 1.807) is 47.0 Å². The van der Waals surface area contributed by atoms with Crippen LogP contribution in [0.4, 0.5) is 16.0 Å². The van der Waals surface area contributed by atoms with E-state index >= 15 is 0 Å². The maximum absolute atomic E-state index is 13.1. The number of ether oxygens (including phenoxy) is 1. The molecule has 1 atom stereocenters. The summed E-state index contributed by atoms with van der Waals surface area (Å²) in [6.45, 7) is 10.7. The van der Waals surface area contributed by atoms with Crippen LogP contribution in [0.2, 0.25) is 0 Å². The number of carbonyl (C=O) groups is 2. The van der Waals surface area contributed by atoms with Crippen LogP contribution in [0.5, 0.6) is 5.75 Å². The highest BCUT2D eigenvalue weighted by molar-refractivity contribution is 5.96. The van der Waals surface area contributed by atoms with E-state index in [1.165, 1.54) is 12.1 Å². The SMILES string of the molecule is [CH2-]C(C)(CC)NC(=O)c1ccc(Nc2nc3ccc(-c4ccc(C(=O)NCc5ccc(F)cc5)cc4)cn3n2)c(OCCC)c1. The van der Waals surface area contributed by atoms with Crippen molar-refractivity contribution in [3.8, 4) is 16.9 Å². The van der Waals surface area contributed by atoms with Gasteiger partial charge in [-0.05, 0) is 72.1 Å². The Labute approximate surface area is 261 Å². The molecule has 10 heteroatoms. The summed E-state index contributed by atoms with van der Waals surface area (Å²) in [5.74, 6) is 0.138. The molecular formula is C35H36FN6O3-. The molecule has 1 unspecified atom stereocenters. The topological polar surface area (TPSA) is 110 Å². The number of nitrogens with one attached hydrogen (secondary N) is 3. The Balaban J connectivity index is 1.29. The van der Waals surface area contributed by atoms with Crippen LogP contribution in [0.1, 0.15) is 59.9 Å². The number of fused-ring (bicyclic) bond motifs is 1. The van der Waals surface area contributed by atoms with E-state index < -0.39 is 5.54 Å². The molecule has 0 spiro atoms. The Morgan fingerprint density at radius 3 is 2.36 bits per heavy atom. The van der Waals surface area contributed by atoms with E-state index in [-0.39, 0.29) is 17.6 Å². The minimum Gasteiger partial charge on any atom is -0.491 e. The first-order valence-electron chi connectivity index (χ1n) is 14.9. The van der Waals surface area contributed by atoms with Gasteiger partial charge >= 0.3 is 0 Å². The molecule has 0 saturated heterocycles. The summed E-state index contributed by atoms with van der Waals surface area (Å²) in [5, 5.41) is 13.6. The fraction of sp³-hybridized carbons (Fsp3) is 0.229. The number of hydrogen-bond donors (Lipinski definition) is 3. The first-order chi connectivity index (χ1) is 21.6. The Morgan fingerprint density at radius 1 is 0.933 bits per heavy atom. The number of rotatable bonds is 12. The lowest BCUT2D eigenvalue weighted by Gasteiger charge is -2.32. The highest BCUT2D eigenvalue weighted by Gasteiger charge is 2.17. The minimum absolute atomic E-state index is 0.217. The number of nitrogens with zero attached hydrogens (tertiary/aromatic N) is 3. The quantitative estimate of drug-likeness (QED) is 0.136. The molecule has 0 aliphatic carbocycles. The molecule has 0 radical (unpaired) electrons. The minimum atomic E-state index is -0.569. The predicted octanol–water partition coefficient (Wildman–Crippen LogP) is 6.73. The first kappa shape index (κ1) is 31.2. The van der Waals surface area contributed by atoms with Crippen molar-refractivity contribution in [1.82, 2.24) is 25.2 Å². The maximum Gasteiger partial charge on any atom is 0.251 e. The molecule has 2 amide bonds. The highest BCUT2D eigenvalue weighted by Crippen LogP contribution is 2.29. The van der Waals surface area contributed by atoms with Gasteiger partial charge in [0, 0.05) is 29.4 Å². The Bertz CT molecular complexity index is 1800. The maximum atomic E-state index is 13.1. The van der Waals surface area contributed by atoms with Gasteiger partial charge in [0.05, 0.1) is 12.3 Å². The molecule has 3 aromatic carbocycles. The van der Waals surface area contributed by atoms with E-state index in [9.17, 15) is 14.0 Å². The second kappa shape index (κ2) is 13.6. The van der Waals surface area contributed by atoms with E-state index in [0.717, 1.165) is 23.1 Å². The predicted molar refractivity (Wildman–Crippen MR) is 173 cm³/mol. The third kappa shape index (κ3) is 7.83. The van der Waals surface area contributed by atoms with Gasteiger partial charge in [-0.1, -0.05) is 57.0 Å². The zero-order valence-corrected chi connectivity index (χ0v) is 25.6.